The second-order valence-corrected chi connectivity index (χ2v) is 4.66. The number of nitrogens with one attached hydrogen (secondary N) is 2. The quantitative estimate of drug-likeness (QED) is 0.844. The number of aryl methyl sites for hydroxylation is 1. The van der Waals surface area contributed by atoms with Crippen LogP contribution in [0.1, 0.15) is 16.1 Å². The molecule has 0 unspecified atom stereocenters. The molecule has 8 heteroatoms. The van der Waals surface area contributed by atoms with Crippen LogP contribution in [0.4, 0.5) is 4.39 Å². The van der Waals surface area contributed by atoms with E-state index in [4.69, 9.17) is 20.8 Å². The minimum Gasteiger partial charge on any atom is -0.482 e. The lowest BCUT2D eigenvalue weighted by atomic mass is 10.2. The van der Waals surface area contributed by atoms with E-state index in [1.165, 1.54) is 18.4 Å². The zero-order valence-corrected chi connectivity index (χ0v) is 12.2. The third-order valence-electron chi connectivity index (χ3n) is 2.67. The summed E-state index contributed by atoms with van der Waals surface area (Å²) >= 11 is 5.75. The van der Waals surface area contributed by atoms with Crippen LogP contribution in [0.15, 0.2) is 34.9 Å². The molecule has 2 N–H and O–H groups in total. The molecule has 0 aliphatic rings. The summed E-state index contributed by atoms with van der Waals surface area (Å²) in [6.07, 6.45) is 1.37. The molecular weight excluding hydrogens is 315 g/mol. The summed E-state index contributed by atoms with van der Waals surface area (Å²) < 4.78 is 22.9. The van der Waals surface area contributed by atoms with Gasteiger partial charge in [0.25, 0.3) is 11.8 Å². The lowest BCUT2D eigenvalue weighted by molar-refractivity contribution is -0.123. The molecule has 0 spiro atoms. The number of benzene rings is 1. The second kappa shape index (κ2) is 6.95. The van der Waals surface area contributed by atoms with Gasteiger partial charge >= 0.3 is 0 Å². The number of carbonyl (C=O) groups is 2. The van der Waals surface area contributed by atoms with E-state index in [2.05, 4.69) is 10.9 Å². The highest BCUT2D eigenvalue weighted by Gasteiger charge is 2.12. The van der Waals surface area contributed by atoms with E-state index in [0.29, 0.717) is 11.3 Å². The molecule has 2 rings (SSSR count). The van der Waals surface area contributed by atoms with Gasteiger partial charge in [-0.25, -0.2) is 4.39 Å². The van der Waals surface area contributed by atoms with Crippen molar-refractivity contribution in [1.29, 1.82) is 0 Å². The average Bonchev–Trinajstić information content (AvgIpc) is 2.90. The van der Waals surface area contributed by atoms with Crippen LogP contribution < -0.4 is 15.6 Å². The Labute approximate surface area is 130 Å². The van der Waals surface area contributed by atoms with Gasteiger partial charge in [0.2, 0.25) is 0 Å². The molecule has 1 aromatic carbocycles. The molecule has 6 nitrogen and oxygen atoms in total. The molecule has 2 amide bonds. The topological polar surface area (TPSA) is 80.6 Å². The Morgan fingerprint density at radius 1 is 1.32 bits per heavy atom. The first-order chi connectivity index (χ1) is 10.5. The van der Waals surface area contributed by atoms with E-state index in [0.717, 1.165) is 12.1 Å². The second-order valence-electron chi connectivity index (χ2n) is 4.26. The molecular formula is C14H12ClFN2O4. The summed E-state index contributed by atoms with van der Waals surface area (Å²) in [7, 11) is 0. The van der Waals surface area contributed by atoms with Gasteiger partial charge < -0.3 is 9.15 Å². The molecule has 1 heterocycles. The SMILES string of the molecule is Cc1occc1C(=O)NNC(=O)COc1ccc(F)cc1Cl. The maximum absolute atomic E-state index is 12.8. The number of halogens is 2. The number of amides is 2. The molecule has 116 valence electrons. The van der Waals surface area contributed by atoms with Crippen LogP contribution in [0.3, 0.4) is 0 Å². The fraction of sp³-hybridized carbons (Fsp3) is 0.143. The maximum atomic E-state index is 12.8. The fourth-order valence-corrected chi connectivity index (χ4v) is 1.81. The lowest BCUT2D eigenvalue weighted by Crippen LogP contribution is -2.43. The van der Waals surface area contributed by atoms with Gasteiger partial charge in [-0.2, -0.15) is 0 Å². The monoisotopic (exact) mass is 326 g/mol. The third kappa shape index (κ3) is 3.98. The molecule has 0 saturated heterocycles. The highest BCUT2D eigenvalue weighted by Crippen LogP contribution is 2.24. The summed E-state index contributed by atoms with van der Waals surface area (Å²) in [6, 6.07) is 5.00. The van der Waals surface area contributed by atoms with Gasteiger partial charge in [0.05, 0.1) is 16.8 Å². The normalized spacial score (nSPS) is 10.1. The maximum Gasteiger partial charge on any atom is 0.276 e. The molecule has 0 fully saturated rings. The summed E-state index contributed by atoms with van der Waals surface area (Å²) in [4.78, 5) is 23.3. The Bertz CT molecular complexity index is 702. The van der Waals surface area contributed by atoms with Gasteiger partial charge in [-0.3, -0.25) is 20.4 Å². The van der Waals surface area contributed by atoms with Gasteiger partial charge in [0.1, 0.15) is 17.3 Å². The van der Waals surface area contributed by atoms with Crippen molar-refractivity contribution < 1.29 is 23.1 Å². The van der Waals surface area contributed by atoms with Crippen molar-refractivity contribution >= 4 is 23.4 Å². The first-order valence-electron chi connectivity index (χ1n) is 6.18. The number of hydrazine groups is 1. The van der Waals surface area contributed by atoms with E-state index in [1.807, 2.05) is 0 Å². The number of hydrogen-bond acceptors (Lipinski definition) is 4. The number of carbonyl (C=O) groups excluding carboxylic acids is 2. The zero-order chi connectivity index (χ0) is 16.1. The van der Waals surface area contributed by atoms with Crippen LogP contribution in [-0.4, -0.2) is 18.4 Å². The Morgan fingerprint density at radius 2 is 2.09 bits per heavy atom. The van der Waals surface area contributed by atoms with Gasteiger partial charge in [-0.15, -0.1) is 0 Å². The van der Waals surface area contributed by atoms with Crippen LogP contribution in [0.2, 0.25) is 5.02 Å². The molecule has 0 aliphatic carbocycles. The smallest absolute Gasteiger partial charge is 0.276 e. The Morgan fingerprint density at radius 3 is 2.73 bits per heavy atom. The molecule has 0 radical (unpaired) electrons. The first-order valence-corrected chi connectivity index (χ1v) is 6.56. The number of furan rings is 1. The van der Waals surface area contributed by atoms with Crippen molar-refractivity contribution in [2.45, 2.75) is 6.92 Å². The lowest BCUT2D eigenvalue weighted by Gasteiger charge is -2.09. The van der Waals surface area contributed by atoms with Crippen molar-refractivity contribution in [2.75, 3.05) is 6.61 Å². The number of ether oxygens (including phenoxy) is 1. The summed E-state index contributed by atoms with van der Waals surface area (Å²) in [6.45, 7) is 1.23. The fourth-order valence-electron chi connectivity index (χ4n) is 1.59. The largest absolute Gasteiger partial charge is 0.482 e. The van der Waals surface area contributed by atoms with Crippen molar-refractivity contribution in [3.8, 4) is 5.75 Å². The number of hydrogen-bond donors (Lipinski definition) is 2. The zero-order valence-electron chi connectivity index (χ0n) is 11.5. The average molecular weight is 327 g/mol. The van der Waals surface area contributed by atoms with Crippen molar-refractivity contribution in [1.82, 2.24) is 10.9 Å². The Kier molecular flexibility index (Phi) is 5.00. The van der Waals surface area contributed by atoms with Gasteiger partial charge in [-0.05, 0) is 31.2 Å². The molecule has 1 aromatic heterocycles. The van der Waals surface area contributed by atoms with Crippen LogP contribution in [0, 0.1) is 12.7 Å². The molecule has 0 atom stereocenters. The van der Waals surface area contributed by atoms with Gasteiger partial charge in [-0.1, -0.05) is 11.6 Å². The van der Waals surface area contributed by atoms with E-state index >= 15 is 0 Å². The van der Waals surface area contributed by atoms with Gasteiger partial charge in [0.15, 0.2) is 6.61 Å². The van der Waals surface area contributed by atoms with Crippen LogP contribution in [0.5, 0.6) is 5.75 Å². The predicted molar refractivity (Wildman–Crippen MR) is 76.0 cm³/mol. The molecule has 0 saturated carbocycles. The molecule has 2 aromatic rings. The predicted octanol–water partition coefficient (Wildman–Crippen LogP) is 2.22. The van der Waals surface area contributed by atoms with Crippen LogP contribution in [0.25, 0.3) is 0 Å². The first kappa shape index (κ1) is 15.8. The highest BCUT2D eigenvalue weighted by molar-refractivity contribution is 6.32. The number of rotatable bonds is 4. The van der Waals surface area contributed by atoms with E-state index in [1.54, 1.807) is 6.92 Å². The Balaban J connectivity index is 1.81. The minimum absolute atomic E-state index is 0.0471. The van der Waals surface area contributed by atoms with E-state index in [9.17, 15) is 14.0 Å². The van der Waals surface area contributed by atoms with Crippen LogP contribution >= 0.6 is 11.6 Å². The van der Waals surface area contributed by atoms with E-state index in [-0.39, 0.29) is 10.8 Å². The molecule has 22 heavy (non-hydrogen) atoms. The summed E-state index contributed by atoms with van der Waals surface area (Å²) in [5, 5.41) is 0.0471. The standard InChI is InChI=1S/C14H12ClFN2O4/c1-8-10(4-5-21-8)14(20)18-17-13(19)7-22-12-3-2-9(16)6-11(12)15/h2-6H,7H2,1H3,(H,17,19)(H,18,20). The highest BCUT2D eigenvalue weighted by atomic mass is 35.5. The molecule has 0 aliphatic heterocycles. The third-order valence-corrected chi connectivity index (χ3v) is 2.97. The summed E-state index contributed by atoms with van der Waals surface area (Å²) in [5.41, 5.74) is 4.70. The van der Waals surface area contributed by atoms with E-state index < -0.39 is 24.2 Å². The van der Waals surface area contributed by atoms with Crippen LogP contribution in [-0.2, 0) is 4.79 Å². The Hall–Kier alpha value is -2.54. The molecule has 0 bridgehead atoms. The van der Waals surface area contributed by atoms with Crippen molar-refractivity contribution in [2.24, 2.45) is 0 Å². The van der Waals surface area contributed by atoms with Crippen molar-refractivity contribution in [3.05, 3.63) is 52.7 Å². The van der Waals surface area contributed by atoms with Crippen molar-refractivity contribution in [3.63, 3.8) is 0 Å². The summed E-state index contributed by atoms with van der Waals surface area (Å²) in [5.74, 6) is -1.03. The minimum atomic E-state index is -0.602. The van der Waals surface area contributed by atoms with Gasteiger partial charge in [0, 0.05) is 0 Å².